The van der Waals surface area contributed by atoms with Gasteiger partial charge in [-0.1, -0.05) is 218 Å². The average molecular weight is 1100 g/mol. The molecule has 0 atom stereocenters. The molecule has 4 heteroatoms. The van der Waals surface area contributed by atoms with Crippen LogP contribution >= 0.6 is 0 Å². The maximum atomic E-state index is 2.77. The van der Waals surface area contributed by atoms with Gasteiger partial charge < -0.3 is 14.7 Å². The van der Waals surface area contributed by atoms with Crippen molar-refractivity contribution < 1.29 is 0 Å². The molecule has 0 unspecified atom stereocenters. The number of hydrogen-bond donors (Lipinski definition) is 0. The molecule has 84 heavy (non-hydrogen) atoms. The minimum atomic E-state index is -0.265. The van der Waals surface area contributed by atoms with Crippen LogP contribution in [0.15, 0.2) is 188 Å². The molecule has 0 aromatic heterocycles. The summed E-state index contributed by atoms with van der Waals surface area (Å²) < 4.78 is 0. The molecule has 0 saturated heterocycles. The van der Waals surface area contributed by atoms with E-state index < -0.39 is 0 Å². The van der Waals surface area contributed by atoms with E-state index >= 15 is 0 Å². The number of rotatable bonds is 8. The van der Waals surface area contributed by atoms with E-state index in [1.165, 1.54) is 118 Å². The molecule has 9 aromatic carbocycles. The molecule has 3 aliphatic carbocycles. The lowest BCUT2D eigenvalue weighted by atomic mass is 9.33. The molecular formula is C80H84BN3. The zero-order valence-electron chi connectivity index (χ0n) is 52.6. The second-order valence-electron chi connectivity index (χ2n) is 30.4. The monoisotopic (exact) mass is 1100 g/mol. The SMILES string of the molecule is Cc1cc2c(cc1N1c3cc4c(cc3B3c5cc6c(cc5N(c5ccc(C(C)(C)c7ccccc7)cc5-c5ccccc5)c5cc(N(c7ccccc7)c7ccccc7)cc1c53)C(C)(C)CC6(C)C)C(C)(C)CC4(C)C)C(C)(C)CCC2(C)C. The molecule has 5 aliphatic rings. The van der Waals surface area contributed by atoms with Crippen LogP contribution in [0.4, 0.5) is 51.2 Å². The molecule has 0 radical (unpaired) electrons. The Morgan fingerprint density at radius 3 is 1.26 bits per heavy atom. The molecule has 9 aromatic rings. The van der Waals surface area contributed by atoms with Gasteiger partial charge >= 0.3 is 0 Å². The molecule has 0 spiro atoms. The van der Waals surface area contributed by atoms with Crippen molar-refractivity contribution in [3.05, 3.63) is 238 Å². The molecule has 0 N–H and O–H groups in total. The van der Waals surface area contributed by atoms with Crippen LogP contribution in [0.1, 0.15) is 173 Å². The second-order valence-corrected chi connectivity index (χ2v) is 30.4. The molecule has 2 aliphatic heterocycles. The van der Waals surface area contributed by atoms with E-state index in [-0.39, 0.29) is 44.6 Å². The van der Waals surface area contributed by atoms with Gasteiger partial charge in [-0.15, -0.1) is 0 Å². The highest BCUT2D eigenvalue weighted by atomic mass is 15.2. The van der Waals surface area contributed by atoms with Gasteiger partial charge in [-0.3, -0.25) is 0 Å². The van der Waals surface area contributed by atoms with Crippen LogP contribution in [0.5, 0.6) is 0 Å². The van der Waals surface area contributed by atoms with Crippen molar-refractivity contribution in [3.63, 3.8) is 0 Å². The summed E-state index contributed by atoms with van der Waals surface area (Å²) in [6.45, 7) is 37.0. The standard InChI is InChI=1S/C80H84BN3/c1-51-40-59-62(75(4,5)39-38-74(59,2)3)46-68(51)84-70-48-64-61(77(8,9)50-79(64,12)13)45-66(70)81-65-44-60-63(78(10,11)49-76(60,6)7)47-69(65)83(67-37-36-54(41-58(67)52-28-20-16-21-29-52)80(14,15)53-30-22-17-23-31-53)71-42-57(43-72(84)73(71)81)82(55-32-24-18-25-33-55)56-34-26-19-27-35-56/h16-37,40-48H,38-39,49-50H2,1-15H3. The number of fused-ring (bicyclic) bond motifs is 7. The fourth-order valence-corrected chi connectivity index (χ4v) is 17.1. The first-order valence-corrected chi connectivity index (χ1v) is 31.2. The maximum Gasteiger partial charge on any atom is 0.252 e. The van der Waals surface area contributed by atoms with E-state index in [2.05, 4.69) is 307 Å². The Morgan fingerprint density at radius 2 is 0.774 bits per heavy atom. The molecule has 3 nitrogen and oxygen atoms in total. The first kappa shape index (κ1) is 54.4. The van der Waals surface area contributed by atoms with E-state index in [9.17, 15) is 0 Å². The van der Waals surface area contributed by atoms with E-state index in [0.29, 0.717) is 0 Å². The lowest BCUT2D eigenvalue weighted by molar-refractivity contribution is 0.332. The summed E-state index contributed by atoms with van der Waals surface area (Å²) >= 11 is 0. The Balaban J connectivity index is 1.17. The highest BCUT2D eigenvalue weighted by molar-refractivity contribution is 7.00. The van der Waals surface area contributed by atoms with Crippen LogP contribution in [0.25, 0.3) is 11.1 Å². The number of para-hydroxylation sites is 2. The molecule has 0 saturated carbocycles. The summed E-state index contributed by atoms with van der Waals surface area (Å²) in [6.07, 6.45) is 4.49. The zero-order valence-corrected chi connectivity index (χ0v) is 52.6. The van der Waals surface area contributed by atoms with E-state index in [1.54, 1.807) is 0 Å². The minimum Gasteiger partial charge on any atom is -0.311 e. The Kier molecular flexibility index (Phi) is 12.0. The normalized spacial score (nSPS) is 18.5. The highest BCUT2D eigenvalue weighted by Crippen LogP contribution is 2.58. The number of nitrogens with zero attached hydrogens (tertiary/aromatic N) is 3. The predicted molar refractivity (Wildman–Crippen MR) is 361 cm³/mol. The summed E-state index contributed by atoms with van der Waals surface area (Å²) in [4.78, 5) is 8.01. The third-order valence-corrected chi connectivity index (χ3v) is 21.2. The van der Waals surface area contributed by atoms with Gasteiger partial charge in [0, 0.05) is 50.8 Å². The third kappa shape index (κ3) is 8.26. The van der Waals surface area contributed by atoms with Crippen molar-refractivity contribution >= 4 is 74.3 Å². The van der Waals surface area contributed by atoms with Crippen LogP contribution in [0, 0.1) is 6.92 Å². The topological polar surface area (TPSA) is 9.72 Å². The Labute approximate surface area is 502 Å². The van der Waals surface area contributed by atoms with Gasteiger partial charge in [-0.2, -0.15) is 0 Å². The largest absolute Gasteiger partial charge is 0.311 e. The fraction of sp³-hybridized carbons (Fsp3) is 0.325. The molecule has 14 rings (SSSR count). The summed E-state index contributed by atoms with van der Waals surface area (Å²) in [6, 6.07) is 73.1. The van der Waals surface area contributed by atoms with Gasteiger partial charge in [-0.25, -0.2) is 0 Å². The van der Waals surface area contributed by atoms with Crippen LogP contribution < -0.4 is 31.1 Å². The Hall–Kier alpha value is -7.56. The smallest absolute Gasteiger partial charge is 0.252 e. The van der Waals surface area contributed by atoms with Gasteiger partial charge in [0.2, 0.25) is 0 Å². The number of anilines is 9. The summed E-state index contributed by atoms with van der Waals surface area (Å²) in [5.41, 5.74) is 29.9. The van der Waals surface area contributed by atoms with E-state index in [1.807, 2.05) is 0 Å². The Bertz CT molecular complexity index is 4090. The van der Waals surface area contributed by atoms with Crippen LogP contribution in [-0.2, 0) is 37.9 Å². The van der Waals surface area contributed by atoms with E-state index in [0.717, 1.165) is 36.3 Å². The first-order valence-electron chi connectivity index (χ1n) is 31.2. The van der Waals surface area contributed by atoms with Crippen molar-refractivity contribution in [3.8, 4) is 11.1 Å². The molecule has 0 fully saturated rings. The van der Waals surface area contributed by atoms with E-state index in [4.69, 9.17) is 0 Å². The van der Waals surface area contributed by atoms with Gasteiger partial charge in [0.15, 0.2) is 0 Å². The molecule has 0 amide bonds. The number of benzene rings is 9. The summed E-state index contributed by atoms with van der Waals surface area (Å²) in [5, 5.41) is 0. The molecule has 2 heterocycles. The van der Waals surface area contributed by atoms with Crippen molar-refractivity contribution in [2.24, 2.45) is 0 Å². The summed E-state index contributed by atoms with van der Waals surface area (Å²) in [7, 11) is 0. The number of hydrogen-bond acceptors (Lipinski definition) is 3. The molecular weight excluding hydrogens is 1010 g/mol. The van der Waals surface area contributed by atoms with Crippen molar-refractivity contribution in [1.82, 2.24) is 0 Å². The first-order chi connectivity index (χ1) is 39.8. The van der Waals surface area contributed by atoms with Crippen LogP contribution in [0.2, 0.25) is 0 Å². The van der Waals surface area contributed by atoms with Gasteiger partial charge in [0.05, 0.1) is 11.4 Å². The molecule has 0 bridgehead atoms. The lowest BCUT2D eigenvalue weighted by Gasteiger charge is -2.47. The third-order valence-electron chi connectivity index (χ3n) is 21.2. The van der Waals surface area contributed by atoms with Gasteiger partial charge in [-0.05, 0) is 204 Å². The maximum absolute atomic E-state index is 2.77. The highest BCUT2D eigenvalue weighted by Gasteiger charge is 2.51. The minimum absolute atomic E-state index is 0.00285. The zero-order chi connectivity index (χ0) is 58.8. The predicted octanol–water partition coefficient (Wildman–Crippen LogP) is 19.8. The summed E-state index contributed by atoms with van der Waals surface area (Å²) in [5.74, 6) is 0. The van der Waals surface area contributed by atoms with Crippen LogP contribution in [-0.4, -0.2) is 6.71 Å². The average Bonchev–Trinajstić information content (AvgIpc) is 1.14. The van der Waals surface area contributed by atoms with Crippen LogP contribution in [0.3, 0.4) is 0 Å². The van der Waals surface area contributed by atoms with Gasteiger partial charge in [0.25, 0.3) is 6.71 Å². The van der Waals surface area contributed by atoms with Crippen molar-refractivity contribution in [1.29, 1.82) is 0 Å². The van der Waals surface area contributed by atoms with Crippen molar-refractivity contribution in [2.75, 3.05) is 14.7 Å². The Morgan fingerprint density at radius 1 is 0.369 bits per heavy atom. The molecule has 422 valence electrons. The fourth-order valence-electron chi connectivity index (χ4n) is 17.1. The van der Waals surface area contributed by atoms with Crippen molar-refractivity contribution in [2.45, 2.75) is 167 Å². The van der Waals surface area contributed by atoms with Gasteiger partial charge in [0.1, 0.15) is 0 Å². The number of aryl methyl sites for hydroxylation is 1. The second kappa shape index (κ2) is 18.5. The lowest BCUT2D eigenvalue weighted by Crippen LogP contribution is -2.62. The quantitative estimate of drug-likeness (QED) is 0.140.